The first-order valence-electron chi connectivity index (χ1n) is 23.3. The van der Waals surface area contributed by atoms with E-state index in [9.17, 15) is 24.0 Å². The van der Waals surface area contributed by atoms with Crippen LogP contribution in [-0.2, 0) is 39.8 Å². The molecule has 13 heteroatoms. The molecule has 4 N–H and O–H groups in total. The second-order valence-electron chi connectivity index (χ2n) is 13.7. The molecule has 1 fully saturated rings. The number of ether oxygens (including phenoxy) is 3. The maximum absolute atomic E-state index is 14.2. The molecule has 12 nitrogen and oxygen atoms in total. The summed E-state index contributed by atoms with van der Waals surface area (Å²) in [6.07, 6.45) is 5.71. The van der Waals surface area contributed by atoms with E-state index in [1.165, 1.54) is 4.90 Å². The van der Waals surface area contributed by atoms with Crippen LogP contribution in [0.4, 0.5) is 4.79 Å². The van der Waals surface area contributed by atoms with E-state index >= 15 is 0 Å². The number of nitrogens with zero attached hydrogens (tertiary/aromatic N) is 1. The Bertz CT molecular complexity index is 1920. The molecule has 1 aliphatic carbocycles. The average molecular weight is 1160 g/mol. The van der Waals surface area contributed by atoms with Crippen molar-refractivity contribution in [3.63, 3.8) is 0 Å². The molecule has 376 valence electrons. The molecule has 3 aromatic carbocycles. The molecule has 0 spiro atoms. The van der Waals surface area contributed by atoms with Gasteiger partial charge in [-0.3, -0.25) is 19.2 Å². The van der Waals surface area contributed by atoms with Crippen molar-refractivity contribution in [1.82, 2.24) is 15.5 Å². The summed E-state index contributed by atoms with van der Waals surface area (Å²) in [6.45, 7) is 30.9. The zero-order chi connectivity index (χ0) is 50.6. The molecule has 0 saturated carbocycles. The van der Waals surface area contributed by atoms with Crippen molar-refractivity contribution >= 4 is 29.8 Å². The smallest absolute Gasteiger partial charge is 0.407 e. The van der Waals surface area contributed by atoms with Gasteiger partial charge in [0.1, 0.15) is 24.8 Å². The third-order valence-electron chi connectivity index (χ3n) is 9.53. The zero-order valence-electron chi connectivity index (χ0n) is 42.7. The van der Waals surface area contributed by atoms with Crippen LogP contribution in [0.1, 0.15) is 128 Å². The Labute approximate surface area is 431 Å². The number of alkyl carbamates (subject to hydrolysis) is 1. The average Bonchev–Trinajstić information content (AvgIpc) is 3.92. The Morgan fingerprint density at radius 2 is 1.46 bits per heavy atom. The van der Waals surface area contributed by atoms with Gasteiger partial charge in [0, 0.05) is 60.6 Å². The minimum Gasteiger partial charge on any atom is -0.502 e. The van der Waals surface area contributed by atoms with Gasteiger partial charge in [-0.1, -0.05) is 165 Å². The fourth-order valence-electron chi connectivity index (χ4n) is 6.60. The van der Waals surface area contributed by atoms with Gasteiger partial charge in [-0.2, -0.15) is 0 Å². The van der Waals surface area contributed by atoms with Crippen LogP contribution < -0.4 is 16.4 Å². The Balaban J connectivity index is -0.000000387. The second-order valence-corrected chi connectivity index (χ2v) is 13.7. The standard InChI is InChI=1S/C36H39N4O7.C5H10O.C5H8.4C2H6.U.3H2/c1-3-38-34(43)31-19-24(47-33(42)16-15-32(37)41)20-40(31)35(44)30(18-23-10-8-9-22(2)17-23)39-36(45)46-21-29-27-13-6-4-11-25(27)26-12-5-7-14-28(26)29;1-4-5(2)6-3;1-3-5-4-2;4*1-2;;;;/h4-14,17,24,29-31H,1,3,15-16,18-21H2,2H3,(H2,37,41)(H,38,43)(H,39,45);4H,1-3H3;3-5H,1H2,2H3;4*1-2H3;;3*1H/q-1;;;;;;;;;;/b;5-4+;5-4-;;;;;;;;/t24-,30+,31+;;;;;;;;;;/m1........../s1. The molecule has 0 aromatic heterocycles. The Kier molecular flexibility index (Phi) is 39.5. The zero-order valence-corrected chi connectivity index (χ0v) is 46.9. The number of nitrogens with one attached hydrogen (secondary N) is 2. The summed E-state index contributed by atoms with van der Waals surface area (Å²) in [5, 5.41) is 5.39. The Morgan fingerprint density at radius 1 is 0.896 bits per heavy atom. The van der Waals surface area contributed by atoms with Crippen LogP contribution in [0.25, 0.3) is 11.1 Å². The number of rotatable bonds is 14. The van der Waals surface area contributed by atoms with E-state index in [-0.39, 0.29) is 86.7 Å². The predicted molar refractivity (Wildman–Crippen MR) is 277 cm³/mol. The van der Waals surface area contributed by atoms with Gasteiger partial charge in [-0.15, -0.1) is 6.54 Å². The van der Waals surface area contributed by atoms with Crippen molar-refractivity contribution in [2.75, 3.05) is 26.8 Å². The monoisotopic (exact) mass is 1160 g/mol. The molecule has 2 aliphatic rings. The van der Waals surface area contributed by atoms with Gasteiger partial charge >= 0.3 is 12.1 Å². The predicted octanol–water partition coefficient (Wildman–Crippen LogP) is 11.3. The maximum atomic E-state index is 14.2. The van der Waals surface area contributed by atoms with E-state index in [4.69, 9.17) is 19.9 Å². The number of amides is 4. The number of allylic oxidation sites excluding steroid dienone is 5. The molecule has 0 unspecified atom stereocenters. The van der Waals surface area contributed by atoms with Crippen LogP contribution >= 0.6 is 0 Å². The Hall–Kier alpha value is -5.12. The van der Waals surface area contributed by atoms with Crippen molar-refractivity contribution in [3.8, 4) is 11.1 Å². The molecular formula is C54H87N4O8U-. The van der Waals surface area contributed by atoms with E-state index < -0.39 is 48.0 Å². The minimum atomic E-state index is -1.09. The number of fused-ring (bicyclic) bond motifs is 3. The van der Waals surface area contributed by atoms with Crippen molar-refractivity contribution in [2.24, 2.45) is 5.73 Å². The number of carbonyl (C=O) groups excluding carboxylic acids is 5. The maximum Gasteiger partial charge on any atom is 0.407 e. The normalized spacial score (nSPS) is 14.2. The van der Waals surface area contributed by atoms with Crippen LogP contribution in [0.2, 0.25) is 0 Å². The molecule has 3 atom stereocenters. The number of hydrogen-bond acceptors (Lipinski definition) is 8. The van der Waals surface area contributed by atoms with Gasteiger partial charge in [0.05, 0.1) is 25.8 Å². The first kappa shape index (κ1) is 66.2. The van der Waals surface area contributed by atoms with E-state index in [1.807, 2.05) is 174 Å². The van der Waals surface area contributed by atoms with Gasteiger partial charge < -0.3 is 42.4 Å². The van der Waals surface area contributed by atoms with Crippen molar-refractivity contribution in [3.05, 3.63) is 139 Å². The van der Waals surface area contributed by atoms with Gasteiger partial charge in [0.15, 0.2) is 0 Å². The summed E-state index contributed by atoms with van der Waals surface area (Å²) >= 11 is 0. The third-order valence-corrected chi connectivity index (χ3v) is 9.53. The first-order chi connectivity index (χ1) is 31.9. The van der Waals surface area contributed by atoms with Crippen LogP contribution in [-0.4, -0.2) is 79.7 Å². The molecule has 0 radical (unpaired) electrons. The summed E-state index contributed by atoms with van der Waals surface area (Å²) in [7, 11) is 1.66. The van der Waals surface area contributed by atoms with E-state index in [1.54, 1.807) is 13.2 Å². The van der Waals surface area contributed by atoms with Crippen molar-refractivity contribution < 1.29 is 73.6 Å². The fraction of sp³-hybridized carbons (Fsp3) is 0.444. The van der Waals surface area contributed by atoms with E-state index in [2.05, 4.69) is 24.1 Å². The number of carbonyl (C=O) groups is 5. The molecule has 5 rings (SSSR count). The molecule has 3 aromatic rings. The van der Waals surface area contributed by atoms with Crippen molar-refractivity contribution in [2.45, 2.75) is 133 Å². The van der Waals surface area contributed by atoms with Crippen molar-refractivity contribution in [1.29, 1.82) is 0 Å². The summed E-state index contributed by atoms with van der Waals surface area (Å²) < 4.78 is 16.0. The molecule has 4 amide bonds. The van der Waals surface area contributed by atoms with Crippen LogP contribution in [0.15, 0.2) is 109 Å². The number of aryl methyl sites for hydroxylation is 1. The van der Waals surface area contributed by atoms with Crippen LogP contribution in [0, 0.1) is 45.0 Å². The number of hydrogen-bond donors (Lipinski definition) is 3. The SMILES string of the molecule is C/C=C(\C)OC.C=C/C=C\C.CC.CC.CC.CC.[CH2-]CNC(=O)[C@@H]1C[C@@H](OC(=O)CCC(N)=O)CN1C(=O)[C@H](Cc1cccc(C)c1)NC(=O)OCC1c2ccccc2-c2ccccc21.[HH].[HH].[HH].[U]. The second kappa shape index (κ2) is 40.0. The quantitative estimate of drug-likeness (QED) is 0.0621. The third kappa shape index (κ3) is 23.9. The number of methoxy groups -OCH3 is 1. The summed E-state index contributed by atoms with van der Waals surface area (Å²) in [5.41, 5.74) is 11.2. The molecule has 1 saturated heterocycles. The molecule has 1 heterocycles. The number of primary amides is 1. The van der Waals surface area contributed by atoms with Crippen LogP contribution in [0.3, 0.4) is 0 Å². The van der Waals surface area contributed by atoms with E-state index in [0.29, 0.717) is 0 Å². The summed E-state index contributed by atoms with van der Waals surface area (Å²) in [5.74, 6) is -1.49. The van der Waals surface area contributed by atoms with E-state index in [0.717, 1.165) is 39.1 Å². The number of benzene rings is 3. The Morgan fingerprint density at radius 3 is 1.91 bits per heavy atom. The van der Waals surface area contributed by atoms with Gasteiger partial charge in [-0.05, 0) is 55.5 Å². The number of esters is 1. The topological polar surface area (TPSA) is 166 Å². The fourth-order valence-corrected chi connectivity index (χ4v) is 6.60. The molecule has 67 heavy (non-hydrogen) atoms. The minimum absolute atomic E-state index is 0. The molecule has 1 aliphatic heterocycles. The first-order valence-corrected chi connectivity index (χ1v) is 23.3. The summed E-state index contributed by atoms with van der Waals surface area (Å²) in [6, 6.07) is 21.5. The molecular weight excluding hydrogens is 1070 g/mol. The van der Waals surface area contributed by atoms with Crippen LogP contribution in [0.5, 0.6) is 0 Å². The largest absolute Gasteiger partial charge is 0.502 e. The van der Waals surface area contributed by atoms with Gasteiger partial charge in [-0.25, -0.2) is 4.79 Å². The molecule has 0 bridgehead atoms. The van der Waals surface area contributed by atoms with Gasteiger partial charge in [0.25, 0.3) is 0 Å². The summed E-state index contributed by atoms with van der Waals surface area (Å²) in [4.78, 5) is 65.4. The number of likely N-dealkylation sites (tertiary alicyclic amines) is 1. The van der Waals surface area contributed by atoms with Gasteiger partial charge in [0.2, 0.25) is 17.7 Å². The number of nitrogens with two attached hydrogens (primary N) is 1.